The summed E-state index contributed by atoms with van der Waals surface area (Å²) in [5, 5.41) is 10.1. The number of hydrogen-bond acceptors (Lipinski definition) is 1. The van der Waals surface area contributed by atoms with Crippen molar-refractivity contribution in [3.8, 4) is 0 Å². The third-order valence-corrected chi connectivity index (χ3v) is 2.47. The number of aromatic nitrogens is 1. The van der Waals surface area contributed by atoms with Gasteiger partial charge in [-0.15, -0.1) is 0 Å². The summed E-state index contributed by atoms with van der Waals surface area (Å²) in [5.41, 5.74) is 1.29. The van der Waals surface area contributed by atoms with Crippen LogP contribution in [0, 0.1) is 0 Å². The summed E-state index contributed by atoms with van der Waals surface area (Å²) < 4.78 is 1.80. The second-order valence-electron chi connectivity index (χ2n) is 3.33. The molecule has 0 bridgehead atoms. The van der Waals surface area contributed by atoms with E-state index < -0.39 is 5.97 Å². The summed E-state index contributed by atoms with van der Waals surface area (Å²) in [6.07, 6.45) is 0. The van der Waals surface area contributed by atoms with Crippen LogP contribution < -0.4 is 4.57 Å². The van der Waals surface area contributed by atoms with Gasteiger partial charge in [0, 0.05) is 17.5 Å². The van der Waals surface area contributed by atoms with Gasteiger partial charge in [0.05, 0.1) is 0 Å². The van der Waals surface area contributed by atoms with E-state index in [2.05, 4.69) is 0 Å². The van der Waals surface area contributed by atoms with E-state index in [4.69, 9.17) is 5.11 Å². The van der Waals surface area contributed by atoms with Crippen molar-refractivity contribution in [1.82, 2.24) is 0 Å². The molecule has 0 spiro atoms. The fourth-order valence-corrected chi connectivity index (χ4v) is 1.79. The van der Waals surface area contributed by atoms with Gasteiger partial charge in [-0.05, 0) is 19.1 Å². The van der Waals surface area contributed by atoms with E-state index in [0.29, 0.717) is 12.2 Å². The highest BCUT2D eigenvalue weighted by molar-refractivity contribution is 5.86. The van der Waals surface area contributed by atoms with Crippen molar-refractivity contribution in [3.63, 3.8) is 0 Å². The highest BCUT2D eigenvalue weighted by Gasteiger charge is 2.19. The summed E-state index contributed by atoms with van der Waals surface area (Å²) in [7, 11) is 0. The molecule has 0 unspecified atom stereocenters. The summed E-state index contributed by atoms with van der Waals surface area (Å²) in [5.74, 6) is -0.886. The molecule has 1 aromatic carbocycles. The molecule has 0 aliphatic heterocycles. The molecule has 0 amide bonds. The van der Waals surface area contributed by atoms with E-state index in [0.717, 1.165) is 10.9 Å². The molecule has 0 saturated carbocycles. The van der Waals surface area contributed by atoms with Gasteiger partial charge in [-0.25, -0.2) is 4.79 Å². The zero-order valence-corrected chi connectivity index (χ0v) is 8.47. The number of para-hydroxylation sites is 1. The highest BCUT2D eigenvalue weighted by atomic mass is 16.4. The molecule has 0 aliphatic rings. The van der Waals surface area contributed by atoms with Gasteiger partial charge in [-0.2, -0.15) is 4.57 Å². The minimum Gasteiger partial charge on any atom is -0.473 e. The Hall–Kier alpha value is -1.90. The number of fused-ring (bicyclic) bond motifs is 1. The molecule has 0 atom stereocenters. The Labute approximate surface area is 87.6 Å². The molecule has 0 saturated heterocycles. The van der Waals surface area contributed by atoms with Gasteiger partial charge in [0.15, 0.2) is 0 Å². The van der Waals surface area contributed by atoms with Crippen LogP contribution in [0.2, 0.25) is 0 Å². The molecule has 3 nitrogen and oxygen atoms in total. The molecule has 1 heterocycles. The van der Waals surface area contributed by atoms with Crippen LogP contribution in [0.15, 0.2) is 36.4 Å². The van der Waals surface area contributed by atoms with Gasteiger partial charge in [-0.3, -0.25) is 0 Å². The first-order chi connectivity index (χ1) is 7.24. The normalized spacial score (nSPS) is 10.5. The maximum absolute atomic E-state index is 11.0. The Morgan fingerprint density at radius 2 is 2.00 bits per heavy atom. The first-order valence-corrected chi connectivity index (χ1v) is 4.89. The SMILES string of the molecule is CC[n+]1c(C(=O)O)ccc2ccccc21. The van der Waals surface area contributed by atoms with Crippen LogP contribution in [-0.4, -0.2) is 11.1 Å². The number of carboxylic acids is 1. The lowest BCUT2D eigenvalue weighted by Gasteiger charge is -2.01. The van der Waals surface area contributed by atoms with Crippen LogP contribution in [0.4, 0.5) is 0 Å². The zero-order chi connectivity index (χ0) is 10.8. The van der Waals surface area contributed by atoms with E-state index >= 15 is 0 Å². The quantitative estimate of drug-likeness (QED) is 0.755. The lowest BCUT2D eigenvalue weighted by Crippen LogP contribution is -2.40. The fraction of sp³-hybridized carbons (Fsp3) is 0.167. The van der Waals surface area contributed by atoms with E-state index in [1.807, 2.05) is 37.3 Å². The average molecular weight is 202 g/mol. The van der Waals surface area contributed by atoms with Crippen LogP contribution in [0.25, 0.3) is 10.9 Å². The number of benzene rings is 1. The van der Waals surface area contributed by atoms with Crippen molar-refractivity contribution in [1.29, 1.82) is 0 Å². The van der Waals surface area contributed by atoms with Gasteiger partial charge in [-0.1, -0.05) is 12.1 Å². The molecular weight excluding hydrogens is 190 g/mol. The summed E-state index contributed by atoms with van der Waals surface area (Å²) in [6, 6.07) is 11.3. The Bertz CT molecular complexity index is 520. The van der Waals surface area contributed by atoms with Crippen LogP contribution in [0.1, 0.15) is 17.4 Å². The Morgan fingerprint density at radius 3 is 2.67 bits per heavy atom. The molecule has 76 valence electrons. The summed E-state index contributed by atoms with van der Waals surface area (Å²) in [6.45, 7) is 2.60. The molecule has 0 fully saturated rings. The predicted molar refractivity (Wildman–Crippen MR) is 56.8 cm³/mol. The second kappa shape index (κ2) is 3.69. The molecule has 1 aromatic heterocycles. The number of rotatable bonds is 2. The van der Waals surface area contributed by atoms with Crippen LogP contribution in [-0.2, 0) is 6.54 Å². The molecule has 2 rings (SSSR count). The third-order valence-electron chi connectivity index (χ3n) is 2.47. The van der Waals surface area contributed by atoms with Crippen molar-refractivity contribution < 1.29 is 14.5 Å². The Kier molecular flexibility index (Phi) is 2.37. The zero-order valence-electron chi connectivity index (χ0n) is 8.47. The highest BCUT2D eigenvalue weighted by Crippen LogP contribution is 2.10. The second-order valence-corrected chi connectivity index (χ2v) is 3.33. The van der Waals surface area contributed by atoms with Gasteiger partial charge >= 0.3 is 5.97 Å². The third kappa shape index (κ3) is 1.56. The molecular formula is C12H12NO2+. The van der Waals surface area contributed by atoms with E-state index in [1.165, 1.54) is 0 Å². The Morgan fingerprint density at radius 1 is 1.27 bits per heavy atom. The van der Waals surface area contributed by atoms with Crippen LogP contribution >= 0.6 is 0 Å². The number of carbonyl (C=O) groups is 1. The number of aromatic carboxylic acids is 1. The molecule has 0 aliphatic carbocycles. The van der Waals surface area contributed by atoms with Gasteiger partial charge < -0.3 is 5.11 Å². The maximum atomic E-state index is 11.0. The molecule has 3 heteroatoms. The number of carboxylic acid groups (broad SMARTS) is 1. The first-order valence-electron chi connectivity index (χ1n) is 4.89. The average Bonchev–Trinajstić information content (AvgIpc) is 2.27. The van der Waals surface area contributed by atoms with Crippen molar-refractivity contribution in [3.05, 3.63) is 42.1 Å². The minimum absolute atomic E-state index is 0.330. The van der Waals surface area contributed by atoms with Gasteiger partial charge in [0.2, 0.25) is 5.52 Å². The monoisotopic (exact) mass is 202 g/mol. The standard InChI is InChI=1S/C12H11NO2/c1-2-13-10-6-4-3-5-9(10)7-8-11(13)12(14)15/h3-8H,2H2,1H3/p+1. The number of nitrogens with zero attached hydrogens (tertiary/aromatic N) is 1. The lowest BCUT2D eigenvalue weighted by molar-refractivity contribution is -0.670. The first kappa shape index (κ1) is 9.65. The summed E-state index contributed by atoms with van der Waals surface area (Å²) >= 11 is 0. The van der Waals surface area contributed by atoms with Crippen molar-refractivity contribution >= 4 is 16.9 Å². The molecule has 0 radical (unpaired) electrons. The molecule has 15 heavy (non-hydrogen) atoms. The van der Waals surface area contributed by atoms with Gasteiger partial charge in [0.25, 0.3) is 5.69 Å². The van der Waals surface area contributed by atoms with Crippen LogP contribution in [0.5, 0.6) is 0 Å². The van der Waals surface area contributed by atoms with Gasteiger partial charge in [0.1, 0.15) is 6.54 Å². The lowest BCUT2D eigenvalue weighted by atomic mass is 10.2. The van der Waals surface area contributed by atoms with Crippen LogP contribution in [0.3, 0.4) is 0 Å². The van der Waals surface area contributed by atoms with E-state index in [1.54, 1.807) is 10.6 Å². The minimum atomic E-state index is -0.886. The number of hydrogen-bond donors (Lipinski definition) is 1. The van der Waals surface area contributed by atoms with E-state index in [-0.39, 0.29) is 0 Å². The number of pyridine rings is 1. The topological polar surface area (TPSA) is 41.2 Å². The van der Waals surface area contributed by atoms with Crippen molar-refractivity contribution in [2.45, 2.75) is 13.5 Å². The predicted octanol–water partition coefficient (Wildman–Crippen LogP) is 1.85. The van der Waals surface area contributed by atoms with Crippen molar-refractivity contribution in [2.24, 2.45) is 0 Å². The van der Waals surface area contributed by atoms with Crippen molar-refractivity contribution in [2.75, 3.05) is 0 Å². The molecule has 1 N–H and O–H groups in total. The largest absolute Gasteiger partial charge is 0.473 e. The molecule has 2 aromatic rings. The maximum Gasteiger partial charge on any atom is 0.401 e. The fourth-order valence-electron chi connectivity index (χ4n) is 1.79. The number of aryl methyl sites for hydroxylation is 1. The van der Waals surface area contributed by atoms with E-state index in [9.17, 15) is 4.79 Å². The Balaban J connectivity index is 2.81. The summed E-state index contributed by atoms with van der Waals surface area (Å²) in [4.78, 5) is 11.0. The smallest absolute Gasteiger partial charge is 0.401 e.